The average Bonchev–Trinajstić information content (AvgIpc) is 2.66. The van der Waals surface area contributed by atoms with E-state index in [9.17, 15) is 10.2 Å². The fraction of sp³-hybridized carbons (Fsp3) is 1.00. The second-order valence-electron chi connectivity index (χ2n) is 13.2. The molecule has 8 bridgehead atoms. The van der Waals surface area contributed by atoms with Gasteiger partial charge in [0.05, 0.1) is 13.2 Å². The van der Waals surface area contributed by atoms with Crippen molar-refractivity contribution in [3.05, 3.63) is 0 Å². The summed E-state index contributed by atoms with van der Waals surface area (Å²) in [6.45, 7) is 2.28. The molecule has 32 heavy (non-hydrogen) atoms. The minimum absolute atomic E-state index is 0. The van der Waals surface area contributed by atoms with Gasteiger partial charge in [0.1, 0.15) is 0 Å². The van der Waals surface area contributed by atoms with Gasteiger partial charge in [-0.05, 0) is 126 Å². The fourth-order valence-corrected chi connectivity index (χ4v) is 11.3. The van der Waals surface area contributed by atoms with E-state index in [0.29, 0.717) is 35.1 Å². The number of hydrogen-bond acceptors (Lipinski definition) is 4. The Morgan fingerprint density at radius 1 is 0.594 bits per heavy atom. The molecular weight excluding hydrogens is 443 g/mol. The lowest BCUT2D eigenvalue weighted by Crippen LogP contribution is -2.71. The van der Waals surface area contributed by atoms with E-state index >= 15 is 0 Å². The Balaban J connectivity index is 0.00000122. The Morgan fingerprint density at radius 2 is 0.906 bits per heavy atom. The summed E-state index contributed by atoms with van der Waals surface area (Å²) in [6, 6.07) is 0. The van der Waals surface area contributed by atoms with Gasteiger partial charge in [-0.1, -0.05) is 0 Å². The predicted octanol–water partition coefficient (Wildman–Crippen LogP) is 4.36. The highest BCUT2D eigenvalue weighted by Crippen LogP contribution is 2.76. The monoisotopic (exact) mass is 488 g/mol. The van der Waals surface area contributed by atoms with Gasteiger partial charge in [0, 0.05) is 24.2 Å². The molecule has 8 rings (SSSR count). The third kappa shape index (κ3) is 3.45. The van der Waals surface area contributed by atoms with Crippen LogP contribution in [0.4, 0.5) is 0 Å². The molecule has 0 aromatic heterocycles. The molecule has 0 spiro atoms. The molecule has 4 nitrogen and oxygen atoms in total. The van der Waals surface area contributed by atoms with Crippen molar-refractivity contribution in [2.75, 3.05) is 40.4 Å². The third-order valence-electron chi connectivity index (χ3n) is 11.7. The second-order valence-corrected chi connectivity index (χ2v) is 13.2. The van der Waals surface area contributed by atoms with Gasteiger partial charge in [-0.3, -0.25) is 9.80 Å². The van der Waals surface area contributed by atoms with Gasteiger partial charge in [-0.2, -0.15) is 0 Å². The van der Waals surface area contributed by atoms with Gasteiger partial charge in [0.25, 0.3) is 0 Å². The Hall–Kier alpha value is 0.420. The first-order chi connectivity index (χ1) is 14.4. The standard InChI is InChI=1S/C26H44N2O2.2ClH/c1-27(3-5-29)25-13-19-7-20(14-25)10-23(9-19,17-25)24-11-21-8-22(12-24)16-26(15-21,18-24)28(2)4-6-30;;/h19-22,29-30H,3-18H2,1-2H3;2*1H. The largest absolute Gasteiger partial charge is 0.395 e. The Labute approximate surface area is 207 Å². The van der Waals surface area contributed by atoms with Crippen LogP contribution < -0.4 is 0 Å². The minimum Gasteiger partial charge on any atom is -0.395 e. The highest BCUT2D eigenvalue weighted by molar-refractivity contribution is 5.85. The quantitative estimate of drug-likeness (QED) is 0.558. The van der Waals surface area contributed by atoms with Crippen LogP contribution in [0.3, 0.4) is 0 Å². The topological polar surface area (TPSA) is 46.9 Å². The third-order valence-corrected chi connectivity index (χ3v) is 11.7. The van der Waals surface area contributed by atoms with E-state index in [1.165, 1.54) is 77.0 Å². The summed E-state index contributed by atoms with van der Waals surface area (Å²) in [5.74, 6) is 3.69. The number of likely N-dealkylation sites (N-methyl/N-ethyl adjacent to an activating group) is 2. The van der Waals surface area contributed by atoms with E-state index in [0.717, 1.165) is 36.8 Å². The molecule has 0 saturated heterocycles. The molecule has 4 unspecified atom stereocenters. The molecule has 0 aromatic rings. The lowest BCUT2D eigenvalue weighted by atomic mass is 9.33. The van der Waals surface area contributed by atoms with Crippen molar-refractivity contribution in [3.8, 4) is 0 Å². The number of rotatable bonds is 7. The van der Waals surface area contributed by atoms with Gasteiger partial charge >= 0.3 is 0 Å². The Morgan fingerprint density at radius 3 is 1.19 bits per heavy atom. The molecule has 4 atom stereocenters. The van der Waals surface area contributed by atoms with Crippen molar-refractivity contribution in [3.63, 3.8) is 0 Å². The second kappa shape index (κ2) is 8.52. The smallest absolute Gasteiger partial charge is 0.0558 e. The number of nitrogens with zero attached hydrogens (tertiary/aromatic N) is 2. The van der Waals surface area contributed by atoms with E-state index in [2.05, 4.69) is 23.9 Å². The Kier molecular flexibility index (Phi) is 6.79. The minimum atomic E-state index is 0. The Bertz CT molecular complexity index is 617. The van der Waals surface area contributed by atoms with Gasteiger partial charge < -0.3 is 10.2 Å². The van der Waals surface area contributed by atoms with Gasteiger partial charge in [0.2, 0.25) is 0 Å². The summed E-state index contributed by atoms with van der Waals surface area (Å²) in [5.41, 5.74) is 1.81. The first kappa shape index (κ1) is 25.5. The zero-order chi connectivity index (χ0) is 20.8. The van der Waals surface area contributed by atoms with Crippen LogP contribution in [0.1, 0.15) is 77.0 Å². The fourth-order valence-electron chi connectivity index (χ4n) is 11.3. The number of β-amino-alcohol motifs (C(OH)–C–C–N with tert-alkyl or cyclic N) is 2. The molecule has 8 aliphatic rings. The maximum Gasteiger partial charge on any atom is 0.0558 e. The molecular formula is C26H46Cl2N2O2. The zero-order valence-corrected chi connectivity index (χ0v) is 21.9. The SMILES string of the molecule is CN(CCO)C12CC3CC(C1)CC(C14CC5CC(CC(N(C)CCO)(C5)C1)C4)(C3)C2.Cl.Cl. The molecule has 6 heteroatoms. The number of hydrogen-bond donors (Lipinski definition) is 2. The van der Waals surface area contributed by atoms with Gasteiger partial charge in [0.15, 0.2) is 0 Å². The van der Waals surface area contributed by atoms with Crippen LogP contribution in [0, 0.1) is 34.5 Å². The van der Waals surface area contributed by atoms with Crippen LogP contribution in [-0.2, 0) is 0 Å². The van der Waals surface area contributed by atoms with Gasteiger partial charge in [-0.15, -0.1) is 24.8 Å². The predicted molar refractivity (Wildman–Crippen MR) is 134 cm³/mol. The first-order valence-electron chi connectivity index (χ1n) is 13.0. The molecule has 0 aromatic carbocycles. The van der Waals surface area contributed by atoms with E-state index in [1.807, 2.05) is 0 Å². The normalized spacial score (nSPS) is 50.1. The molecule has 186 valence electrons. The van der Waals surface area contributed by atoms with Crippen LogP contribution in [0.2, 0.25) is 0 Å². The number of halogens is 2. The van der Waals surface area contributed by atoms with Crippen LogP contribution >= 0.6 is 24.8 Å². The van der Waals surface area contributed by atoms with E-state index in [4.69, 9.17) is 0 Å². The van der Waals surface area contributed by atoms with E-state index in [1.54, 1.807) is 0 Å². The lowest BCUT2D eigenvalue weighted by Gasteiger charge is -2.75. The molecule has 0 amide bonds. The molecule has 2 N–H and O–H groups in total. The molecule has 8 fully saturated rings. The van der Waals surface area contributed by atoms with E-state index in [-0.39, 0.29) is 24.8 Å². The van der Waals surface area contributed by atoms with E-state index < -0.39 is 0 Å². The van der Waals surface area contributed by atoms with Crippen molar-refractivity contribution in [2.45, 2.75) is 88.1 Å². The van der Waals surface area contributed by atoms with Crippen LogP contribution in [-0.4, -0.2) is 71.5 Å². The molecule has 0 heterocycles. The average molecular weight is 490 g/mol. The first-order valence-corrected chi connectivity index (χ1v) is 13.0. The van der Waals surface area contributed by atoms with Crippen molar-refractivity contribution >= 4 is 24.8 Å². The molecule has 8 aliphatic carbocycles. The van der Waals surface area contributed by atoms with Crippen LogP contribution in [0.15, 0.2) is 0 Å². The van der Waals surface area contributed by atoms with Crippen LogP contribution in [0.5, 0.6) is 0 Å². The van der Waals surface area contributed by atoms with Crippen molar-refractivity contribution < 1.29 is 10.2 Å². The lowest BCUT2D eigenvalue weighted by molar-refractivity contribution is -0.241. The van der Waals surface area contributed by atoms with Gasteiger partial charge in [-0.25, -0.2) is 0 Å². The number of aliphatic hydroxyl groups is 2. The summed E-state index contributed by atoms with van der Waals surface area (Å²) >= 11 is 0. The summed E-state index contributed by atoms with van der Waals surface area (Å²) in [5, 5.41) is 19.4. The summed E-state index contributed by atoms with van der Waals surface area (Å²) in [7, 11) is 4.63. The molecule has 0 radical (unpaired) electrons. The highest BCUT2D eigenvalue weighted by Gasteiger charge is 2.70. The zero-order valence-electron chi connectivity index (χ0n) is 20.2. The molecule has 8 saturated carbocycles. The van der Waals surface area contributed by atoms with Crippen molar-refractivity contribution in [1.82, 2.24) is 9.80 Å². The maximum atomic E-state index is 9.71. The summed E-state index contributed by atoms with van der Waals surface area (Å²) in [6.07, 6.45) is 17.3. The van der Waals surface area contributed by atoms with Crippen LogP contribution in [0.25, 0.3) is 0 Å². The highest BCUT2D eigenvalue weighted by atomic mass is 35.5. The summed E-state index contributed by atoms with van der Waals surface area (Å²) < 4.78 is 0. The number of aliphatic hydroxyl groups excluding tert-OH is 2. The maximum absolute atomic E-state index is 9.71. The van der Waals surface area contributed by atoms with Crippen molar-refractivity contribution in [2.24, 2.45) is 34.5 Å². The summed E-state index contributed by atoms with van der Waals surface area (Å²) in [4.78, 5) is 5.18. The van der Waals surface area contributed by atoms with Crippen molar-refractivity contribution in [1.29, 1.82) is 0 Å². The molecule has 0 aliphatic heterocycles.